The number of amides is 2. The predicted molar refractivity (Wildman–Crippen MR) is 121 cm³/mol. The number of hydrogen-bond donors (Lipinski definition) is 1. The van der Waals surface area contributed by atoms with Crippen LogP contribution in [0.2, 0.25) is 5.15 Å². The molecule has 11 heteroatoms. The lowest BCUT2D eigenvalue weighted by atomic mass is 10.1. The molecule has 3 heterocycles. The second-order valence-corrected chi connectivity index (χ2v) is 7.90. The molecular weight excluding hydrogens is 448 g/mol. The number of ether oxygens (including phenoxy) is 2. The highest BCUT2D eigenvalue weighted by Gasteiger charge is 2.37. The second-order valence-electron chi connectivity index (χ2n) is 7.52. The fourth-order valence-electron chi connectivity index (χ4n) is 3.74. The van der Waals surface area contributed by atoms with E-state index in [-0.39, 0.29) is 36.1 Å². The number of halogens is 1. The maximum absolute atomic E-state index is 13.2. The fourth-order valence-corrected chi connectivity index (χ4v) is 3.90. The molecule has 1 saturated heterocycles. The lowest BCUT2D eigenvalue weighted by molar-refractivity contribution is -0.155. The van der Waals surface area contributed by atoms with E-state index in [1.54, 1.807) is 23.1 Å². The van der Waals surface area contributed by atoms with Crippen molar-refractivity contribution in [2.45, 2.75) is 12.6 Å². The lowest BCUT2D eigenvalue weighted by Crippen LogP contribution is -2.60. The van der Waals surface area contributed by atoms with Crippen LogP contribution in [-0.4, -0.2) is 76.0 Å². The number of nitrogens with zero attached hydrogens (tertiary/aromatic N) is 5. The number of hydrogen-bond acceptors (Lipinski definition) is 8. The quantitative estimate of drug-likeness (QED) is 0.515. The van der Waals surface area contributed by atoms with Gasteiger partial charge < -0.3 is 25.0 Å². The van der Waals surface area contributed by atoms with E-state index in [2.05, 4.69) is 15.0 Å². The van der Waals surface area contributed by atoms with Gasteiger partial charge in [0.25, 0.3) is 5.91 Å². The molecule has 33 heavy (non-hydrogen) atoms. The van der Waals surface area contributed by atoms with Crippen molar-refractivity contribution in [3.63, 3.8) is 0 Å². The fraction of sp³-hybridized carbons (Fsp3) is 0.318. The molecule has 1 atom stereocenters. The van der Waals surface area contributed by atoms with Crippen molar-refractivity contribution in [2.24, 2.45) is 0 Å². The maximum Gasteiger partial charge on any atom is 0.261 e. The number of aromatic nitrogens is 3. The zero-order chi connectivity index (χ0) is 23.4. The Morgan fingerprint density at radius 3 is 2.88 bits per heavy atom. The number of piperazine rings is 1. The van der Waals surface area contributed by atoms with E-state index in [0.29, 0.717) is 31.0 Å². The van der Waals surface area contributed by atoms with Crippen molar-refractivity contribution in [3.05, 3.63) is 53.4 Å². The summed E-state index contributed by atoms with van der Waals surface area (Å²) in [6.07, 6.45) is 1.41. The third-order valence-corrected chi connectivity index (χ3v) is 5.58. The van der Waals surface area contributed by atoms with Crippen molar-refractivity contribution >= 4 is 40.1 Å². The van der Waals surface area contributed by atoms with Crippen LogP contribution >= 0.6 is 11.6 Å². The van der Waals surface area contributed by atoms with E-state index in [1.165, 1.54) is 18.3 Å². The number of carbonyl (C=O) groups excluding carboxylic acids is 2. The van der Waals surface area contributed by atoms with Crippen LogP contribution in [0.3, 0.4) is 0 Å². The number of nitrogens with two attached hydrogens (primary N) is 1. The first-order valence-electron chi connectivity index (χ1n) is 10.3. The van der Waals surface area contributed by atoms with Gasteiger partial charge in [-0.2, -0.15) is 0 Å². The van der Waals surface area contributed by atoms with Gasteiger partial charge in [0.15, 0.2) is 6.61 Å². The minimum atomic E-state index is -0.745. The molecule has 10 nitrogen and oxygen atoms in total. The molecule has 2 aromatic heterocycles. The van der Waals surface area contributed by atoms with Crippen molar-refractivity contribution in [2.75, 3.05) is 39.1 Å². The average Bonchev–Trinajstić information content (AvgIpc) is 2.80. The van der Waals surface area contributed by atoms with Crippen LogP contribution in [0.5, 0.6) is 5.88 Å². The maximum atomic E-state index is 13.2. The van der Waals surface area contributed by atoms with Gasteiger partial charge >= 0.3 is 0 Å². The molecule has 1 fully saturated rings. The molecule has 4 rings (SSSR count). The molecule has 1 aliphatic rings. The third-order valence-electron chi connectivity index (χ3n) is 5.37. The number of fused-ring (bicyclic) bond motifs is 1. The largest absolute Gasteiger partial charge is 0.468 e. The van der Waals surface area contributed by atoms with E-state index in [1.807, 2.05) is 18.2 Å². The summed E-state index contributed by atoms with van der Waals surface area (Å²) in [4.78, 5) is 41.5. The Kier molecular flexibility index (Phi) is 6.85. The summed E-state index contributed by atoms with van der Waals surface area (Å²) >= 11 is 5.85. The van der Waals surface area contributed by atoms with E-state index in [4.69, 9.17) is 26.8 Å². The second kappa shape index (κ2) is 9.97. The van der Waals surface area contributed by atoms with Crippen molar-refractivity contribution in [1.82, 2.24) is 24.8 Å². The van der Waals surface area contributed by atoms with Crippen LogP contribution in [0.1, 0.15) is 5.56 Å². The summed E-state index contributed by atoms with van der Waals surface area (Å²) in [6.45, 7) is 0.937. The number of anilines is 1. The summed E-state index contributed by atoms with van der Waals surface area (Å²) < 4.78 is 10.7. The van der Waals surface area contributed by atoms with Crippen LogP contribution in [0, 0.1) is 0 Å². The normalized spacial score (nSPS) is 16.3. The van der Waals surface area contributed by atoms with Gasteiger partial charge in [-0.15, -0.1) is 0 Å². The molecule has 3 aromatic rings. The minimum Gasteiger partial charge on any atom is -0.468 e. The average molecular weight is 471 g/mol. The Hall–Kier alpha value is -3.50. The topological polar surface area (TPSA) is 124 Å². The van der Waals surface area contributed by atoms with Crippen LogP contribution in [0.15, 0.2) is 42.7 Å². The summed E-state index contributed by atoms with van der Waals surface area (Å²) in [5, 5.41) is 1.03. The highest BCUT2D eigenvalue weighted by Crippen LogP contribution is 2.21. The molecular formula is C22H23ClN6O4. The molecule has 0 saturated carbocycles. The summed E-state index contributed by atoms with van der Waals surface area (Å²) in [6, 6.07) is 9.78. The van der Waals surface area contributed by atoms with Gasteiger partial charge in [-0.1, -0.05) is 23.7 Å². The SMILES string of the molecule is COC[C@H]1C(=O)N(Cc2ccc3c(N)ncnc3c2)CCN1C(=O)COc1cccc(Cl)n1. The van der Waals surface area contributed by atoms with E-state index in [0.717, 1.165) is 10.9 Å². The number of pyridine rings is 1. The number of rotatable bonds is 7. The number of benzene rings is 1. The first kappa shape index (κ1) is 22.7. The smallest absolute Gasteiger partial charge is 0.261 e. The van der Waals surface area contributed by atoms with E-state index < -0.39 is 6.04 Å². The van der Waals surface area contributed by atoms with Crippen molar-refractivity contribution in [3.8, 4) is 5.88 Å². The zero-order valence-electron chi connectivity index (χ0n) is 18.0. The van der Waals surface area contributed by atoms with Gasteiger partial charge in [0.05, 0.1) is 12.1 Å². The molecule has 172 valence electrons. The van der Waals surface area contributed by atoms with Gasteiger partial charge in [0, 0.05) is 38.2 Å². The number of nitrogen functional groups attached to an aromatic ring is 1. The Morgan fingerprint density at radius 2 is 2.09 bits per heavy atom. The Balaban J connectivity index is 1.44. The lowest BCUT2D eigenvalue weighted by Gasteiger charge is -2.40. The number of methoxy groups -OCH3 is 1. The molecule has 0 unspecified atom stereocenters. The monoisotopic (exact) mass is 470 g/mol. The van der Waals surface area contributed by atoms with Gasteiger partial charge in [0.2, 0.25) is 11.8 Å². The van der Waals surface area contributed by atoms with Crippen LogP contribution in [0.25, 0.3) is 10.9 Å². The molecule has 1 aromatic carbocycles. The van der Waals surface area contributed by atoms with Gasteiger partial charge in [-0.3, -0.25) is 9.59 Å². The molecule has 2 N–H and O–H groups in total. The molecule has 0 radical (unpaired) electrons. The third kappa shape index (κ3) is 5.12. The van der Waals surface area contributed by atoms with Crippen molar-refractivity contribution in [1.29, 1.82) is 0 Å². The molecule has 1 aliphatic heterocycles. The Labute approximate surface area is 195 Å². The zero-order valence-corrected chi connectivity index (χ0v) is 18.7. The molecule has 0 bridgehead atoms. The summed E-state index contributed by atoms with van der Waals surface area (Å²) in [5.74, 6) is 0.124. The van der Waals surface area contributed by atoms with Crippen LogP contribution in [-0.2, 0) is 20.9 Å². The molecule has 2 amide bonds. The molecule has 0 aliphatic carbocycles. The number of carbonyl (C=O) groups is 2. The first-order valence-corrected chi connectivity index (χ1v) is 10.7. The van der Waals surface area contributed by atoms with Gasteiger partial charge in [0.1, 0.15) is 23.3 Å². The summed E-state index contributed by atoms with van der Waals surface area (Å²) in [5.41, 5.74) is 7.50. The standard InChI is InChI=1S/C22H23ClN6O4/c1-32-11-17-22(31)28(10-14-5-6-15-16(9-14)25-13-26-21(15)24)7-8-29(17)20(30)12-33-19-4-2-3-18(23)27-19/h2-6,9,13,17H,7-8,10-12H2,1H3,(H2,24,25,26)/t17-/m0/s1. The molecule has 0 spiro atoms. The highest BCUT2D eigenvalue weighted by atomic mass is 35.5. The summed E-state index contributed by atoms with van der Waals surface area (Å²) in [7, 11) is 1.49. The van der Waals surface area contributed by atoms with Crippen LogP contribution < -0.4 is 10.5 Å². The predicted octanol–water partition coefficient (Wildman–Crippen LogP) is 1.53. The highest BCUT2D eigenvalue weighted by molar-refractivity contribution is 6.29. The van der Waals surface area contributed by atoms with Crippen LogP contribution in [0.4, 0.5) is 5.82 Å². The van der Waals surface area contributed by atoms with E-state index in [9.17, 15) is 9.59 Å². The Morgan fingerprint density at radius 1 is 1.24 bits per heavy atom. The first-order chi connectivity index (χ1) is 16.0. The van der Waals surface area contributed by atoms with E-state index >= 15 is 0 Å². The van der Waals surface area contributed by atoms with Gasteiger partial charge in [-0.25, -0.2) is 15.0 Å². The minimum absolute atomic E-state index is 0.0813. The van der Waals surface area contributed by atoms with Crippen molar-refractivity contribution < 1.29 is 19.1 Å². The Bertz CT molecular complexity index is 1180. The van der Waals surface area contributed by atoms with Gasteiger partial charge in [-0.05, 0) is 23.8 Å².